The molecule has 3 aliphatic rings. The zero-order chi connectivity index (χ0) is 27.6. The molecule has 4 rings (SSSR count). The van der Waals surface area contributed by atoms with Crippen molar-refractivity contribution < 1.29 is 44.6 Å². The van der Waals surface area contributed by atoms with Crippen LogP contribution in [0.3, 0.4) is 0 Å². The lowest BCUT2D eigenvalue weighted by atomic mass is 10.2. The molecule has 0 unspecified atom stereocenters. The van der Waals surface area contributed by atoms with Gasteiger partial charge in [-0.15, -0.1) is 0 Å². The smallest absolute Gasteiger partial charge is 0.417 e. The molecule has 15 heteroatoms. The fourth-order valence-corrected chi connectivity index (χ4v) is 8.15. The van der Waals surface area contributed by atoms with E-state index < -0.39 is 59.3 Å². The second-order valence-corrected chi connectivity index (χ2v) is 14.8. The van der Waals surface area contributed by atoms with Crippen LogP contribution in [0.1, 0.15) is 50.5 Å². The van der Waals surface area contributed by atoms with Crippen LogP contribution in [0.5, 0.6) is 0 Å². The summed E-state index contributed by atoms with van der Waals surface area (Å²) in [7, 11) is -7.21. The summed E-state index contributed by atoms with van der Waals surface area (Å²) in [6.07, 6.45) is -3.78. The molecular weight excluding hydrogens is 605 g/mol. The molecule has 1 aromatic rings. The summed E-state index contributed by atoms with van der Waals surface area (Å²) < 4.78 is 94.8. The molecule has 1 aliphatic heterocycles. The summed E-state index contributed by atoms with van der Waals surface area (Å²) in [6, 6.07) is 4.94. The van der Waals surface area contributed by atoms with Gasteiger partial charge in [0, 0.05) is 4.47 Å². The topological polar surface area (TPSA) is 151 Å². The van der Waals surface area contributed by atoms with Crippen molar-refractivity contribution in [2.24, 2.45) is 0 Å². The molecular formula is C22H26BrF3N2O7S2. The van der Waals surface area contributed by atoms with Gasteiger partial charge in [0.15, 0.2) is 19.7 Å². The molecule has 0 spiro atoms. The third kappa shape index (κ3) is 7.81. The first-order chi connectivity index (χ1) is 17.1. The lowest BCUT2D eigenvalue weighted by molar-refractivity contribution is -0.139. The maximum absolute atomic E-state index is 13.3. The summed E-state index contributed by atoms with van der Waals surface area (Å²) in [5, 5.41) is 17.7. The Morgan fingerprint density at radius 1 is 1.16 bits per heavy atom. The molecule has 2 atom stereocenters. The van der Waals surface area contributed by atoms with Crippen LogP contribution in [0, 0.1) is 11.3 Å². The van der Waals surface area contributed by atoms with Gasteiger partial charge >= 0.3 is 12.3 Å². The Bertz CT molecular complexity index is 1260. The number of nitrogens with zero attached hydrogens (tertiary/aromatic N) is 1. The second kappa shape index (κ2) is 11.1. The van der Waals surface area contributed by atoms with E-state index in [9.17, 15) is 34.8 Å². The van der Waals surface area contributed by atoms with Crippen molar-refractivity contribution in [2.75, 3.05) is 11.5 Å². The van der Waals surface area contributed by atoms with E-state index >= 15 is 0 Å². The van der Waals surface area contributed by atoms with Gasteiger partial charge in [-0.2, -0.15) is 18.4 Å². The number of hydrogen-bond acceptors (Lipinski definition) is 7. The van der Waals surface area contributed by atoms with Crippen LogP contribution >= 0.6 is 15.9 Å². The number of carboxylic acid groups (broad SMARTS) is 1. The van der Waals surface area contributed by atoms with Gasteiger partial charge in [-0.1, -0.05) is 15.9 Å². The molecule has 3 fully saturated rings. The number of halogens is 4. The first-order valence-corrected chi connectivity index (χ1v) is 15.6. The fraction of sp³-hybridized carbons (Fsp3) is 0.636. The number of nitrogens with one attached hydrogen (secondary N) is 1. The molecule has 1 heterocycles. The Morgan fingerprint density at radius 2 is 1.78 bits per heavy atom. The first-order valence-electron chi connectivity index (χ1n) is 11.5. The molecule has 2 N–H and O–H groups in total. The number of benzene rings is 1. The summed E-state index contributed by atoms with van der Waals surface area (Å²) in [4.78, 5) is 9.24. The van der Waals surface area contributed by atoms with E-state index in [0.717, 1.165) is 12.1 Å². The van der Waals surface area contributed by atoms with Gasteiger partial charge < -0.3 is 15.2 Å². The number of ether oxygens (including phenoxy) is 1. The van der Waals surface area contributed by atoms with E-state index in [1.807, 2.05) is 6.07 Å². The van der Waals surface area contributed by atoms with Crippen LogP contribution < -0.4 is 5.32 Å². The monoisotopic (exact) mass is 630 g/mol. The average Bonchev–Trinajstić information content (AvgIpc) is 3.39. The third-order valence-corrected chi connectivity index (χ3v) is 11.0. The van der Waals surface area contributed by atoms with Crippen molar-refractivity contribution in [3.8, 4) is 6.07 Å². The predicted molar refractivity (Wildman–Crippen MR) is 129 cm³/mol. The number of hydrogen-bond donors (Lipinski definition) is 2. The quantitative estimate of drug-likeness (QED) is 0.494. The summed E-state index contributed by atoms with van der Waals surface area (Å²) >= 11 is 2.95. The standard InChI is InChI=1S/C17H20BrF3O5S2.C5H6N2O2/c18-11-1-4-16(15(9-11)17(19,20)21)28(24,25)14-3-2-13(10-14)26-12-5-7-27(22,23)8-6-12;6-3-5(1-2-5)7-4(8)9/h1,4,9,12-14H,2-3,5-8,10H2;7H,1-2H2,(H,8,9)/t13-,14-;/m1./s1. The summed E-state index contributed by atoms with van der Waals surface area (Å²) in [6.45, 7) is 0. The SMILES string of the molecule is N#CC1(NC(=O)O)CC1.O=S1(=O)CCC(O[C@@H]2CC[C@@H](S(=O)(=O)c3ccc(Br)cc3C(F)(F)F)C2)CC1. The number of nitriles is 1. The van der Waals surface area contributed by atoms with Crippen LogP contribution in [0.25, 0.3) is 0 Å². The predicted octanol–water partition coefficient (Wildman–Crippen LogP) is 4.07. The number of alkyl halides is 3. The molecule has 1 amide bonds. The van der Waals surface area contributed by atoms with E-state index in [1.54, 1.807) is 0 Å². The number of amides is 1. The van der Waals surface area contributed by atoms with Crippen molar-refractivity contribution in [2.45, 2.75) is 79.0 Å². The minimum atomic E-state index is -4.78. The fourth-order valence-electron chi connectivity index (χ4n) is 4.33. The molecule has 1 aromatic carbocycles. The highest BCUT2D eigenvalue weighted by Gasteiger charge is 2.45. The van der Waals surface area contributed by atoms with Gasteiger partial charge in [0.2, 0.25) is 0 Å². The number of sulfone groups is 2. The highest BCUT2D eigenvalue weighted by molar-refractivity contribution is 9.10. The number of rotatable bonds is 5. The van der Waals surface area contributed by atoms with Crippen LogP contribution in [0.2, 0.25) is 0 Å². The van der Waals surface area contributed by atoms with Crippen molar-refractivity contribution in [3.05, 3.63) is 28.2 Å². The van der Waals surface area contributed by atoms with Gasteiger partial charge in [0.05, 0.1) is 45.5 Å². The molecule has 2 aliphatic carbocycles. The van der Waals surface area contributed by atoms with Crippen LogP contribution in [-0.4, -0.2) is 62.5 Å². The molecule has 2 saturated carbocycles. The van der Waals surface area contributed by atoms with Crippen LogP contribution in [0.15, 0.2) is 27.6 Å². The second-order valence-electron chi connectivity index (χ2n) is 9.35. The molecule has 206 valence electrons. The van der Waals surface area contributed by atoms with Gasteiger partial charge in [0.25, 0.3) is 0 Å². The Kier molecular flexibility index (Phi) is 8.88. The van der Waals surface area contributed by atoms with Gasteiger partial charge in [-0.25, -0.2) is 21.6 Å². The van der Waals surface area contributed by atoms with Crippen molar-refractivity contribution >= 4 is 41.7 Å². The Labute approximate surface area is 221 Å². The minimum absolute atomic E-state index is 0.0416. The summed E-state index contributed by atoms with van der Waals surface area (Å²) in [5.41, 5.74) is -1.91. The molecule has 37 heavy (non-hydrogen) atoms. The molecule has 9 nitrogen and oxygen atoms in total. The minimum Gasteiger partial charge on any atom is -0.465 e. The van der Waals surface area contributed by atoms with Gasteiger partial charge in [-0.05, 0) is 63.1 Å². The van der Waals surface area contributed by atoms with Crippen molar-refractivity contribution in [1.82, 2.24) is 5.32 Å². The number of carbonyl (C=O) groups is 1. The Hall–Kier alpha value is -1.89. The lowest BCUT2D eigenvalue weighted by Gasteiger charge is -2.25. The van der Waals surface area contributed by atoms with Gasteiger partial charge in [-0.3, -0.25) is 0 Å². The Morgan fingerprint density at radius 3 is 2.27 bits per heavy atom. The highest BCUT2D eigenvalue weighted by Crippen LogP contribution is 2.40. The first kappa shape index (κ1) is 29.7. The van der Waals surface area contributed by atoms with Crippen molar-refractivity contribution in [1.29, 1.82) is 5.26 Å². The lowest BCUT2D eigenvalue weighted by Crippen LogP contribution is -2.33. The molecule has 1 saturated heterocycles. The maximum Gasteiger partial charge on any atom is 0.417 e. The molecule has 0 radical (unpaired) electrons. The zero-order valence-electron chi connectivity index (χ0n) is 19.5. The Balaban J connectivity index is 0.000000356. The molecule has 0 aromatic heterocycles. The van der Waals surface area contributed by atoms with E-state index in [2.05, 4.69) is 21.2 Å². The summed E-state index contributed by atoms with van der Waals surface area (Å²) in [5.74, 6) is 0.0832. The van der Waals surface area contributed by atoms with E-state index in [4.69, 9.17) is 15.1 Å². The van der Waals surface area contributed by atoms with Crippen LogP contribution in [0.4, 0.5) is 18.0 Å². The van der Waals surface area contributed by atoms with Crippen LogP contribution in [-0.2, 0) is 30.6 Å². The normalized spacial score (nSPS) is 24.8. The maximum atomic E-state index is 13.3. The average molecular weight is 631 g/mol. The van der Waals surface area contributed by atoms with E-state index in [-0.39, 0.29) is 34.9 Å². The van der Waals surface area contributed by atoms with Crippen molar-refractivity contribution in [3.63, 3.8) is 0 Å². The largest absolute Gasteiger partial charge is 0.465 e. The van der Waals surface area contributed by atoms with E-state index in [0.29, 0.717) is 32.1 Å². The highest BCUT2D eigenvalue weighted by atomic mass is 79.9. The van der Waals surface area contributed by atoms with Gasteiger partial charge in [0.1, 0.15) is 5.54 Å². The molecule has 0 bridgehead atoms. The van der Waals surface area contributed by atoms with E-state index in [1.165, 1.54) is 6.07 Å². The zero-order valence-corrected chi connectivity index (χ0v) is 22.7. The third-order valence-electron chi connectivity index (χ3n) is 6.53.